The first-order valence-electron chi connectivity index (χ1n) is 19.1. The molecule has 0 bridgehead atoms. The zero-order valence-corrected chi connectivity index (χ0v) is 30.8. The second-order valence-electron chi connectivity index (χ2n) is 17.3. The molecule has 0 heterocycles. The Hall–Kier alpha value is -2.88. The van der Waals surface area contributed by atoms with Crippen molar-refractivity contribution in [3.63, 3.8) is 0 Å². The van der Waals surface area contributed by atoms with Gasteiger partial charge in [-0.05, 0) is 153 Å². The molecule has 262 valence electrons. The first-order valence-corrected chi connectivity index (χ1v) is 19.1. The molecule has 0 N–H and O–H groups in total. The van der Waals surface area contributed by atoms with Crippen LogP contribution in [0.3, 0.4) is 0 Å². The van der Waals surface area contributed by atoms with E-state index in [1.165, 1.54) is 49.7 Å². The fraction of sp³-hybridized carbons (Fsp3) is 0.636. The van der Waals surface area contributed by atoms with Gasteiger partial charge in [-0.15, -0.1) is 0 Å². The van der Waals surface area contributed by atoms with Gasteiger partial charge in [0.2, 0.25) is 0 Å². The van der Waals surface area contributed by atoms with E-state index in [1.54, 1.807) is 0 Å². The summed E-state index contributed by atoms with van der Waals surface area (Å²) < 4.78 is 12.4. The minimum absolute atomic E-state index is 0.257. The van der Waals surface area contributed by atoms with Crippen molar-refractivity contribution in [2.24, 2.45) is 22.7 Å². The predicted octanol–water partition coefficient (Wildman–Crippen LogP) is 11.7. The number of rotatable bonds is 6. The van der Waals surface area contributed by atoms with Crippen LogP contribution in [0.5, 0.6) is 11.5 Å². The highest BCUT2D eigenvalue weighted by Gasteiger charge is 2.31. The summed E-state index contributed by atoms with van der Waals surface area (Å²) in [6.45, 7) is 14.1. The molecule has 2 aromatic carbocycles. The van der Waals surface area contributed by atoms with Crippen molar-refractivity contribution in [3.8, 4) is 11.5 Å². The number of ketones is 2. The van der Waals surface area contributed by atoms with Gasteiger partial charge in [0, 0.05) is 19.3 Å². The van der Waals surface area contributed by atoms with Gasteiger partial charge in [-0.2, -0.15) is 0 Å². The molecule has 1 atom stereocenters. The summed E-state index contributed by atoms with van der Waals surface area (Å²) in [5, 5.41) is 0. The highest BCUT2D eigenvalue weighted by atomic mass is 16.5. The normalized spacial score (nSPS) is 27.0. The predicted molar refractivity (Wildman–Crippen MR) is 198 cm³/mol. The molecule has 4 aliphatic carbocycles. The van der Waals surface area contributed by atoms with Crippen molar-refractivity contribution < 1.29 is 19.1 Å². The molecule has 0 aromatic heterocycles. The first kappa shape index (κ1) is 36.4. The van der Waals surface area contributed by atoms with Crippen LogP contribution in [0.2, 0.25) is 0 Å². The number of carbonyl (C=O) groups excluding carboxylic acids is 2. The van der Waals surface area contributed by atoms with Crippen molar-refractivity contribution >= 4 is 17.1 Å². The fourth-order valence-corrected chi connectivity index (χ4v) is 8.37. The summed E-state index contributed by atoms with van der Waals surface area (Å²) in [5.74, 6) is 4.68. The summed E-state index contributed by atoms with van der Waals surface area (Å²) in [7, 11) is 0. The molecule has 0 saturated heterocycles. The number of allylic oxidation sites excluding steroid dienone is 2. The Kier molecular flexibility index (Phi) is 12.3. The van der Waals surface area contributed by atoms with Crippen molar-refractivity contribution in [1.29, 1.82) is 0 Å². The van der Waals surface area contributed by atoms with Crippen LogP contribution in [0, 0.1) is 22.7 Å². The Bertz CT molecular complexity index is 1350. The fourth-order valence-electron chi connectivity index (χ4n) is 8.37. The van der Waals surface area contributed by atoms with E-state index < -0.39 is 0 Å². The second-order valence-corrected chi connectivity index (χ2v) is 17.3. The minimum atomic E-state index is 0.257. The smallest absolute Gasteiger partial charge is 0.155 e. The molecule has 4 aliphatic rings. The van der Waals surface area contributed by atoms with Crippen LogP contribution in [0.25, 0.3) is 5.57 Å². The Morgan fingerprint density at radius 3 is 1.52 bits per heavy atom. The molecular weight excluding hydrogens is 592 g/mol. The van der Waals surface area contributed by atoms with Gasteiger partial charge in [-0.3, -0.25) is 9.59 Å². The third-order valence-electron chi connectivity index (χ3n) is 11.7. The minimum Gasteiger partial charge on any atom is -0.490 e. The first-order chi connectivity index (χ1) is 22.8. The number of hydrogen-bond acceptors (Lipinski definition) is 4. The zero-order chi connectivity index (χ0) is 34.3. The molecule has 4 heteroatoms. The summed E-state index contributed by atoms with van der Waals surface area (Å²) in [4.78, 5) is 23.2. The number of benzene rings is 2. The van der Waals surface area contributed by atoms with E-state index >= 15 is 0 Å². The molecule has 48 heavy (non-hydrogen) atoms. The lowest BCUT2D eigenvalue weighted by Crippen LogP contribution is -2.30. The Balaban J connectivity index is 0.000000188. The van der Waals surface area contributed by atoms with Gasteiger partial charge in [-0.1, -0.05) is 65.8 Å². The second kappa shape index (κ2) is 16.2. The summed E-state index contributed by atoms with van der Waals surface area (Å²) >= 11 is 0. The van der Waals surface area contributed by atoms with E-state index in [1.807, 2.05) is 6.08 Å². The summed E-state index contributed by atoms with van der Waals surface area (Å²) in [5.41, 5.74) is 4.46. The SMILES string of the molecule is CC(C)(C)C1CCC(Oc2ccc(C3=CC(=O)CCC3)cc2)CC1.CC(C)(C)C1CCC(Oc2ccc(C3CCCC(=O)C3)cc2)CC1. The lowest BCUT2D eigenvalue weighted by atomic mass is 9.72. The Morgan fingerprint density at radius 2 is 1.06 bits per heavy atom. The monoisotopic (exact) mass is 654 g/mol. The lowest BCUT2D eigenvalue weighted by Gasteiger charge is -2.37. The molecule has 1 unspecified atom stereocenters. The molecule has 0 amide bonds. The van der Waals surface area contributed by atoms with Crippen LogP contribution in [-0.4, -0.2) is 23.8 Å². The van der Waals surface area contributed by atoms with Crippen LogP contribution in [-0.2, 0) is 9.59 Å². The highest BCUT2D eigenvalue weighted by Crippen LogP contribution is 2.40. The Labute approximate surface area is 291 Å². The summed E-state index contributed by atoms with van der Waals surface area (Å²) in [6, 6.07) is 16.9. The lowest BCUT2D eigenvalue weighted by molar-refractivity contribution is -0.120. The molecule has 0 spiro atoms. The van der Waals surface area contributed by atoms with Gasteiger partial charge in [0.1, 0.15) is 17.3 Å². The zero-order valence-electron chi connectivity index (χ0n) is 30.8. The topological polar surface area (TPSA) is 52.6 Å². The molecule has 6 rings (SSSR count). The molecule has 3 fully saturated rings. The van der Waals surface area contributed by atoms with Gasteiger partial charge < -0.3 is 9.47 Å². The van der Waals surface area contributed by atoms with Crippen LogP contribution in [0.4, 0.5) is 0 Å². The van der Waals surface area contributed by atoms with Crippen LogP contribution >= 0.6 is 0 Å². The van der Waals surface area contributed by atoms with Gasteiger partial charge in [0.05, 0.1) is 12.2 Å². The van der Waals surface area contributed by atoms with Gasteiger partial charge in [0.25, 0.3) is 0 Å². The number of ether oxygens (including phenoxy) is 2. The Morgan fingerprint density at radius 1 is 0.562 bits per heavy atom. The largest absolute Gasteiger partial charge is 0.490 e. The quantitative estimate of drug-likeness (QED) is 0.311. The van der Waals surface area contributed by atoms with E-state index in [4.69, 9.17) is 9.47 Å². The standard InChI is InChI=1S/C22H32O2.C22H30O2/c2*1-22(2,3)18-9-13-21(14-10-18)24-20-11-7-16(8-12-20)17-5-4-6-19(23)15-17/h7-8,11-12,17-18,21H,4-6,9-10,13-15H2,1-3H3;7-8,11-12,15,18,21H,4-6,9-10,13-14H2,1-3H3. The van der Waals surface area contributed by atoms with E-state index in [0.29, 0.717) is 41.2 Å². The number of hydrogen-bond donors (Lipinski definition) is 0. The van der Waals surface area contributed by atoms with E-state index in [2.05, 4.69) is 90.1 Å². The number of carbonyl (C=O) groups is 2. The highest BCUT2D eigenvalue weighted by molar-refractivity contribution is 5.98. The van der Waals surface area contributed by atoms with E-state index in [0.717, 1.165) is 80.3 Å². The van der Waals surface area contributed by atoms with Gasteiger partial charge in [-0.25, -0.2) is 0 Å². The molecule has 0 aliphatic heterocycles. The van der Waals surface area contributed by atoms with Crippen LogP contribution in [0.15, 0.2) is 54.6 Å². The molecular formula is C44H62O4. The summed E-state index contributed by atoms with van der Waals surface area (Å²) in [6.07, 6.45) is 18.6. The molecule has 3 saturated carbocycles. The molecule has 0 radical (unpaired) electrons. The maximum atomic E-state index is 11.6. The average molecular weight is 655 g/mol. The van der Waals surface area contributed by atoms with E-state index in [-0.39, 0.29) is 5.78 Å². The van der Waals surface area contributed by atoms with Crippen LogP contribution < -0.4 is 9.47 Å². The van der Waals surface area contributed by atoms with E-state index in [9.17, 15) is 9.59 Å². The van der Waals surface area contributed by atoms with Crippen molar-refractivity contribution in [1.82, 2.24) is 0 Å². The number of Topliss-reactive ketones (excluding diaryl/α,β-unsaturated/α-hetero) is 1. The maximum absolute atomic E-state index is 11.6. The van der Waals surface area contributed by atoms with Crippen LogP contribution in [0.1, 0.15) is 155 Å². The molecule has 4 nitrogen and oxygen atoms in total. The van der Waals surface area contributed by atoms with Crippen molar-refractivity contribution in [2.45, 2.75) is 156 Å². The maximum Gasteiger partial charge on any atom is 0.155 e. The van der Waals surface area contributed by atoms with Gasteiger partial charge >= 0.3 is 0 Å². The molecule has 2 aromatic rings. The van der Waals surface area contributed by atoms with Gasteiger partial charge in [0.15, 0.2) is 5.78 Å². The third-order valence-corrected chi connectivity index (χ3v) is 11.7. The third kappa shape index (κ3) is 10.6. The average Bonchev–Trinajstić information content (AvgIpc) is 3.05. The van der Waals surface area contributed by atoms with Crippen molar-refractivity contribution in [2.75, 3.05) is 0 Å². The van der Waals surface area contributed by atoms with Crippen molar-refractivity contribution in [3.05, 3.63) is 65.7 Å².